The van der Waals surface area contributed by atoms with E-state index in [1.165, 1.54) is 12.1 Å². The van der Waals surface area contributed by atoms with Crippen LogP contribution in [0.15, 0.2) is 39.3 Å². The molecule has 6 nitrogen and oxygen atoms in total. The molecule has 0 atom stereocenters. The summed E-state index contributed by atoms with van der Waals surface area (Å²) in [5.41, 5.74) is 7.82. The minimum absolute atomic E-state index is 0.000642. The van der Waals surface area contributed by atoms with Gasteiger partial charge in [0, 0.05) is 11.3 Å². The summed E-state index contributed by atoms with van der Waals surface area (Å²) in [6.45, 7) is 1.18. The lowest BCUT2D eigenvalue weighted by Gasteiger charge is -2.08. The Labute approximate surface area is 171 Å². The van der Waals surface area contributed by atoms with E-state index in [1.807, 2.05) is 0 Å². The smallest absolute Gasteiger partial charge is 0.293 e. The fraction of sp³-hybridized carbons (Fsp3) is 0.100. The molecule has 0 aliphatic rings. The average Bonchev–Trinajstić information content (AvgIpc) is 3.42. The predicted molar refractivity (Wildman–Crippen MR) is 97.1 cm³/mol. The summed E-state index contributed by atoms with van der Waals surface area (Å²) < 4.78 is 82.3. The van der Waals surface area contributed by atoms with Crippen LogP contribution in [0.4, 0.5) is 27.6 Å². The van der Waals surface area contributed by atoms with Crippen molar-refractivity contribution in [3.05, 3.63) is 70.7 Å². The lowest BCUT2D eigenvalue weighted by molar-refractivity contribution is 0.232. The number of ether oxygens (including phenoxy) is 1. The normalized spacial score (nSPS) is 11.2. The summed E-state index contributed by atoms with van der Waals surface area (Å²) in [5, 5.41) is 3.87. The number of hydrogen-bond acceptors (Lipinski definition) is 6. The van der Waals surface area contributed by atoms with Gasteiger partial charge < -0.3 is 19.4 Å². The molecule has 0 amide bonds. The van der Waals surface area contributed by atoms with E-state index in [-0.39, 0.29) is 23.2 Å². The molecular formula is C20H12F5N3O3. The van der Waals surface area contributed by atoms with Gasteiger partial charge in [-0.05, 0) is 30.7 Å². The molecule has 4 aromatic rings. The van der Waals surface area contributed by atoms with E-state index in [4.69, 9.17) is 19.4 Å². The second-order valence-electron chi connectivity index (χ2n) is 6.40. The van der Waals surface area contributed by atoms with Crippen LogP contribution in [0.5, 0.6) is 5.75 Å². The highest BCUT2D eigenvalue weighted by atomic mass is 19.2. The minimum Gasteiger partial charge on any atom is -0.479 e. The summed E-state index contributed by atoms with van der Waals surface area (Å²) in [4.78, 5) is 4.22. The van der Waals surface area contributed by atoms with Crippen LogP contribution in [0.2, 0.25) is 0 Å². The number of hydrogen-bond donors (Lipinski definition) is 1. The third-order valence-electron chi connectivity index (χ3n) is 4.44. The second-order valence-corrected chi connectivity index (χ2v) is 6.40. The number of aromatic nitrogens is 2. The van der Waals surface area contributed by atoms with Gasteiger partial charge in [-0.25, -0.2) is 13.2 Å². The molecule has 2 N–H and O–H groups in total. The topological polar surface area (TPSA) is 87.3 Å². The summed E-state index contributed by atoms with van der Waals surface area (Å²) in [5.74, 6) is -11.7. The van der Waals surface area contributed by atoms with Gasteiger partial charge in [0.2, 0.25) is 34.9 Å². The van der Waals surface area contributed by atoms with E-state index in [9.17, 15) is 22.0 Å². The standard InChI is InChI=1S/C20H12F5N3O3/c1-8-10(3-2-4-11(8)26)19-27-20(31-28-19)12-6-5-9(30-12)7-29-18-16(24)14(22)13(21)15(23)17(18)25/h2-6H,7,26H2,1H3. The van der Waals surface area contributed by atoms with Gasteiger partial charge >= 0.3 is 0 Å². The number of nitrogens with two attached hydrogens (primary N) is 1. The van der Waals surface area contributed by atoms with Crippen molar-refractivity contribution in [2.75, 3.05) is 5.73 Å². The van der Waals surface area contributed by atoms with Gasteiger partial charge in [-0.3, -0.25) is 0 Å². The molecule has 0 aliphatic carbocycles. The highest BCUT2D eigenvalue weighted by molar-refractivity contribution is 5.68. The van der Waals surface area contributed by atoms with Gasteiger partial charge in [0.1, 0.15) is 12.4 Å². The van der Waals surface area contributed by atoms with E-state index in [0.717, 1.165) is 5.56 Å². The lowest BCUT2D eigenvalue weighted by Crippen LogP contribution is -2.06. The third-order valence-corrected chi connectivity index (χ3v) is 4.44. The zero-order valence-electron chi connectivity index (χ0n) is 15.7. The van der Waals surface area contributed by atoms with Crippen LogP contribution in [0.1, 0.15) is 11.3 Å². The van der Waals surface area contributed by atoms with Crippen molar-refractivity contribution in [2.24, 2.45) is 0 Å². The molecule has 2 aromatic carbocycles. The average molecular weight is 437 g/mol. The van der Waals surface area contributed by atoms with Gasteiger partial charge in [-0.15, -0.1) is 0 Å². The predicted octanol–water partition coefficient (Wildman–Crippen LogP) is 5.16. The quantitative estimate of drug-likeness (QED) is 0.201. The molecule has 0 aliphatic heterocycles. The number of anilines is 1. The zero-order chi connectivity index (χ0) is 22.3. The van der Waals surface area contributed by atoms with E-state index in [0.29, 0.717) is 11.3 Å². The first-order valence-electron chi connectivity index (χ1n) is 8.70. The Morgan fingerprint density at radius 3 is 2.32 bits per heavy atom. The number of furan rings is 1. The molecule has 0 saturated carbocycles. The molecular weight excluding hydrogens is 425 g/mol. The second kappa shape index (κ2) is 7.74. The maximum atomic E-state index is 13.7. The largest absolute Gasteiger partial charge is 0.479 e. The Kier molecular flexibility index (Phi) is 5.09. The first-order valence-corrected chi connectivity index (χ1v) is 8.70. The van der Waals surface area contributed by atoms with E-state index < -0.39 is 41.4 Å². The first kappa shape index (κ1) is 20.4. The van der Waals surface area contributed by atoms with Crippen LogP contribution in [-0.4, -0.2) is 10.1 Å². The fourth-order valence-electron chi connectivity index (χ4n) is 2.75. The summed E-state index contributed by atoms with van der Waals surface area (Å²) in [7, 11) is 0. The van der Waals surface area contributed by atoms with Crippen molar-refractivity contribution < 1.29 is 35.6 Å². The number of rotatable bonds is 5. The van der Waals surface area contributed by atoms with Crippen molar-refractivity contribution in [3.8, 4) is 28.8 Å². The Bertz CT molecular complexity index is 1260. The van der Waals surface area contributed by atoms with Crippen LogP contribution in [0, 0.1) is 36.0 Å². The zero-order valence-corrected chi connectivity index (χ0v) is 15.7. The molecule has 0 bridgehead atoms. The molecule has 0 fully saturated rings. The van der Waals surface area contributed by atoms with Crippen molar-refractivity contribution in [1.82, 2.24) is 10.1 Å². The van der Waals surface area contributed by atoms with Crippen LogP contribution in [0.3, 0.4) is 0 Å². The Balaban J connectivity index is 1.54. The van der Waals surface area contributed by atoms with Crippen LogP contribution in [0.25, 0.3) is 23.0 Å². The van der Waals surface area contributed by atoms with Gasteiger partial charge in [-0.2, -0.15) is 13.8 Å². The van der Waals surface area contributed by atoms with Gasteiger partial charge in [0.15, 0.2) is 11.5 Å². The summed E-state index contributed by atoms with van der Waals surface area (Å²) >= 11 is 0. The van der Waals surface area contributed by atoms with Gasteiger partial charge in [0.25, 0.3) is 5.89 Å². The maximum Gasteiger partial charge on any atom is 0.293 e. The van der Waals surface area contributed by atoms with E-state index in [2.05, 4.69) is 10.1 Å². The Morgan fingerprint density at radius 2 is 1.61 bits per heavy atom. The number of nitrogen functional groups attached to an aromatic ring is 1. The van der Waals surface area contributed by atoms with Gasteiger partial charge in [-0.1, -0.05) is 17.3 Å². The molecule has 0 unspecified atom stereocenters. The van der Waals surface area contributed by atoms with Gasteiger partial charge in [0.05, 0.1) is 0 Å². The van der Waals surface area contributed by atoms with Crippen LogP contribution >= 0.6 is 0 Å². The third kappa shape index (κ3) is 3.58. The number of benzene rings is 2. The molecule has 4 rings (SSSR count). The molecule has 11 heteroatoms. The van der Waals surface area contributed by atoms with Crippen molar-refractivity contribution in [2.45, 2.75) is 13.5 Å². The summed E-state index contributed by atoms with van der Waals surface area (Å²) in [6.07, 6.45) is 0. The molecule has 160 valence electrons. The van der Waals surface area contributed by atoms with Crippen molar-refractivity contribution >= 4 is 5.69 Å². The lowest BCUT2D eigenvalue weighted by atomic mass is 10.1. The maximum absolute atomic E-state index is 13.7. The summed E-state index contributed by atoms with van der Waals surface area (Å²) in [6, 6.07) is 7.99. The minimum atomic E-state index is -2.27. The number of halogens is 5. The van der Waals surface area contributed by atoms with E-state index in [1.54, 1.807) is 25.1 Å². The van der Waals surface area contributed by atoms with Crippen LogP contribution < -0.4 is 10.5 Å². The molecule has 0 spiro atoms. The SMILES string of the molecule is Cc1c(N)cccc1-c1noc(-c2ccc(COc3c(F)c(F)c(F)c(F)c3F)o2)n1. The van der Waals surface area contributed by atoms with E-state index >= 15 is 0 Å². The molecule has 31 heavy (non-hydrogen) atoms. The monoisotopic (exact) mass is 437 g/mol. The fourth-order valence-corrected chi connectivity index (χ4v) is 2.75. The highest BCUT2D eigenvalue weighted by Gasteiger charge is 2.27. The molecule has 0 radical (unpaired) electrons. The molecule has 0 saturated heterocycles. The highest BCUT2D eigenvalue weighted by Crippen LogP contribution is 2.31. The Hall–Kier alpha value is -3.89. The van der Waals surface area contributed by atoms with Crippen molar-refractivity contribution in [1.29, 1.82) is 0 Å². The number of nitrogens with zero attached hydrogens (tertiary/aromatic N) is 2. The first-order chi connectivity index (χ1) is 14.8. The van der Waals surface area contributed by atoms with Crippen LogP contribution in [-0.2, 0) is 6.61 Å². The molecule has 2 heterocycles. The Morgan fingerprint density at radius 1 is 0.935 bits per heavy atom. The molecule has 2 aromatic heterocycles. The van der Waals surface area contributed by atoms with Crippen molar-refractivity contribution in [3.63, 3.8) is 0 Å².